The van der Waals surface area contributed by atoms with Gasteiger partial charge in [-0.1, -0.05) is 35.9 Å². The number of hydrogen-bond acceptors (Lipinski definition) is 1. The molecule has 96 valence electrons. The normalized spacial score (nSPS) is 11.1. The summed E-state index contributed by atoms with van der Waals surface area (Å²) in [6.07, 6.45) is 0. The molecule has 0 aliphatic rings. The highest BCUT2D eigenvalue weighted by Gasteiger charge is 2.17. The molecular weight excluding hydrogens is 260 g/mol. The van der Waals surface area contributed by atoms with Crippen molar-refractivity contribution in [2.45, 2.75) is 13.2 Å². The van der Waals surface area contributed by atoms with Gasteiger partial charge in [-0.25, -0.2) is 9.55 Å². The fraction of sp³-hybridized carbons (Fsp3) is 0.133. The molecule has 2 N–H and O–H groups in total. The van der Waals surface area contributed by atoms with Crippen LogP contribution in [-0.4, -0.2) is 10.1 Å². The Balaban J connectivity index is 2.06. The van der Waals surface area contributed by atoms with Gasteiger partial charge in [-0.15, -0.1) is 0 Å². The number of aromatic amines is 1. The van der Waals surface area contributed by atoms with E-state index < -0.39 is 0 Å². The van der Waals surface area contributed by atoms with E-state index in [9.17, 15) is 5.11 Å². The molecule has 0 unspecified atom stereocenters. The lowest BCUT2D eigenvalue weighted by Gasteiger charge is -2.01. The van der Waals surface area contributed by atoms with Crippen molar-refractivity contribution in [2.75, 3.05) is 0 Å². The lowest BCUT2D eigenvalue weighted by molar-refractivity contribution is -0.672. The standard InChI is InChI=1S/C15H13ClN2O/c16-12-7-5-11(6-8-12)9-18-14-4-2-1-3-13(14)17-15(18)10-19/h1-8,19H,9-10H2/p+1. The van der Waals surface area contributed by atoms with Gasteiger partial charge >= 0.3 is 0 Å². The first-order valence-corrected chi connectivity index (χ1v) is 6.50. The minimum atomic E-state index is -0.0116. The largest absolute Gasteiger partial charge is 0.384 e. The summed E-state index contributed by atoms with van der Waals surface area (Å²) in [6, 6.07) is 15.8. The average molecular weight is 274 g/mol. The molecule has 0 saturated carbocycles. The summed E-state index contributed by atoms with van der Waals surface area (Å²) in [5.74, 6) is 0.802. The zero-order valence-electron chi connectivity index (χ0n) is 10.3. The molecule has 0 amide bonds. The van der Waals surface area contributed by atoms with Gasteiger partial charge < -0.3 is 5.11 Å². The van der Waals surface area contributed by atoms with E-state index in [1.54, 1.807) is 0 Å². The fourth-order valence-electron chi connectivity index (χ4n) is 2.26. The summed E-state index contributed by atoms with van der Waals surface area (Å²) >= 11 is 5.89. The van der Waals surface area contributed by atoms with E-state index >= 15 is 0 Å². The molecule has 0 bridgehead atoms. The van der Waals surface area contributed by atoms with Gasteiger partial charge in [0, 0.05) is 5.02 Å². The SMILES string of the molecule is OCc1[nH]c2ccccc2[n+]1Cc1ccc(Cl)cc1. The first kappa shape index (κ1) is 12.2. The second kappa shape index (κ2) is 5.03. The Morgan fingerprint density at radius 3 is 2.53 bits per heavy atom. The van der Waals surface area contributed by atoms with E-state index in [4.69, 9.17) is 11.6 Å². The third kappa shape index (κ3) is 2.35. The number of nitrogens with zero attached hydrogens (tertiary/aromatic N) is 1. The fourth-order valence-corrected chi connectivity index (χ4v) is 2.39. The van der Waals surface area contributed by atoms with Crippen LogP contribution in [0, 0.1) is 0 Å². The molecule has 3 rings (SSSR count). The van der Waals surface area contributed by atoms with Crippen LogP contribution in [0.4, 0.5) is 0 Å². The van der Waals surface area contributed by atoms with E-state index in [1.807, 2.05) is 48.5 Å². The van der Waals surface area contributed by atoms with Gasteiger partial charge in [0.15, 0.2) is 11.0 Å². The molecule has 1 aromatic heterocycles. The number of fused-ring (bicyclic) bond motifs is 1. The summed E-state index contributed by atoms with van der Waals surface area (Å²) in [6.45, 7) is 0.694. The van der Waals surface area contributed by atoms with Gasteiger partial charge in [0.1, 0.15) is 13.2 Å². The molecule has 0 fully saturated rings. The highest BCUT2D eigenvalue weighted by Crippen LogP contribution is 2.12. The lowest BCUT2D eigenvalue weighted by atomic mass is 10.2. The zero-order chi connectivity index (χ0) is 13.2. The van der Waals surface area contributed by atoms with E-state index in [0.29, 0.717) is 6.54 Å². The van der Waals surface area contributed by atoms with Crippen LogP contribution in [0.15, 0.2) is 48.5 Å². The summed E-state index contributed by atoms with van der Waals surface area (Å²) in [4.78, 5) is 3.23. The Morgan fingerprint density at radius 1 is 1.05 bits per heavy atom. The molecular formula is C15H14ClN2O+. The Kier molecular flexibility index (Phi) is 3.23. The van der Waals surface area contributed by atoms with Crippen LogP contribution >= 0.6 is 11.6 Å². The molecule has 2 aromatic carbocycles. The molecule has 0 spiro atoms. The van der Waals surface area contributed by atoms with Crippen molar-refractivity contribution in [3.8, 4) is 0 Å². The molecule has 0 aliphatic heterocycles. The number of imidazole rings is 1. The predicted octanol–water partition coefficient (Wildman–Crippen LogP) is 2.65. The van der Waals surface area contributed by atoms with Crippen LogP contribution in [0.5, 0.6) is 0 Å². The van der Waals surface area contributed by atoms with E-state index in [0.717, 1.165) is 27.4 Å². The van der Waals surface area contributed by atoms with Crippen LogP contribution in [0.25, 0.3) is 11.0 Å². The zero-order valence-corrected chi connectivity index (χ0v) is 11.1. The van der Waals surface area contributed by atoms with Gasteiger partial charge in [0.2, 0.25) is 0 Å². The van der Waals surface area contributed by atoms with Gasteiger partial charge in [-0.3, -0.25) is 0 Å². The van der Waals surface area contributed by atoms with Gasteiger partial charge in [0.05, 0.1) is 0 Å². The van der Waals surface area contributed by atoms with Gasteiger partial charge in [-0.2, -0.15) is 0 Å². The second-order valence-corrected chi connectivity index (χ2v) is 4.90. The maximum atomic E-state index is 9.47. The maximum Gasteiger partial charge on any atom is 0.281 e. The molecule has 3 aromatic rings. The number of hydrogen-bond donors (Lipinski definition) is 2. The minimum absolute atomic E-state index is 0.0116. The quantitative estimate of drug-likeness (QED) is 0.708. The summed E-state index contributed by atoms with van der Waals surface area (Å²) in [5, 5.41) is 10.2. The second-order valence-electron chi connectivity index (χ2n) is 4.46. The molecule has 3 nitrogen and oxygen atoms in total. The number of aliphatic hydroxyl groups is 1. The molecule has 19 heavy (non-hydrogen) atoms. The Hall–Kier alpha value is -1.84. The van der Waals surface area contributed by atoms with E-state index in [1.165, 1.54) is 0 Å². The van der Waals surface area contributed by atoms with E-state index in [-0.39, 0.29) is 6.61 Å². The molecule has 0 aliphatic carbocycles. The van der Waals surface area contributed by atoms with Crippen molar-refractivity contribution >= 4 is 22.6 Å². The predicted molar refractivity (Wildman–Crippen MR) is 75.0 cm³/mol. The molecule has 4 heteroatoms. The van der Waals surface area contributed by atoms with Gasteiger partial charge in [0.25, 0.3) is 5.82 Å². The highest BCUT2D eigenvalue weighted by atomic mass is 35.5. The van der Waals surface area contributed by atoms with Crippen molar-refractivity contribution < 1.29 is 9.67 Å². The van der Waals surface area contributed by atoms with Crippen molar-refractivity contribution in [3.05, 3.63) is 64.9 Å². The number of halogens is 1. The summed E-state index contributed by atoms with van der Waals surface area (Å²) < 4.78 is 2.08. The van der Waals surface area contributed by atoms with Crippen LogP contribution in [0.2, 0.25) is 5.02 Å². The molecule has 0 saturated heterocycles. The topological polar surface area (TPSA) is 39.9 Å². The van der Waals surface area contributed by atoms with Crippen molar-refractivity contribution in [2.24, 2.45) is 0 Å². The van der Waals surface area contributed by atoms with Crippen LogP contribution in [-0.2, 0) is 13.2 Å². The summed E-state index contributed by atoms with van der Waals surface area (Å²) in [7, 11) is 0. The van der Waals surface area contributed by atoms with Crippen molar-refractivity contribution in [3.63, 3.8) is 0 Å². The van der Waals surface area contributed by atoms with Crippen molar-refractivity contribution in [1.29, 1.82) is 0 Å². The smallest absolute Gasteiger partial charge is 0.281 e. The number of aromatic nitrogens is 2. The first-order valence-electron chi connectivity index (χ1n) is 6.12. The molecule has 0 atom stereocenters. The Labute approximate surface area is 116 Å². The number of para-hydroxylation sites is 2. The Bertz CT molecular complexity index is 704. The van der Waals surface area contributed by atoms with Crippen molar-refractivity contribution in [1.82, 2.24) is 4.98 Å². The number of H-pyrrole nitrogens is 1. The van der Waals surface area contributed by atoms with E-state index in [2.05, 4.69) is 9.55 Å². The monoisotopic (exact) mass is 273 g/mol. The maximum absolute atomic E-state index is 9.47. The summed E-state index contributed by atoms with van der Waals surface area (Å²) in [5.41, 5.74) is 3.26. The molecule has 1 heterocycles. The average Bonchev–Trinajstić information content (AvgIpc) is 2.79. The number of nitrogens with one attached hydrogen (secondary N) is 1. The first-order chi connectivity index (χ1) is 9.28. The number of benzene rings is 2. The highest BCUT2D eigenvalue weighted by molar-refractivity contribution is 6.30. The molecule has 0 radical (unpaired) electrons. The number of rotatable bonds is 3. The van der Waals surface area contributed by atoms with Crippen LogP contribution in [0.1, 0.15) is 11.4 Å². The van der Waals surface area contributed by atoms with Crippen LogP contribution < -0.4 is 4.57 Å². The number of aliphatic hydroxyl groups excluding tert-OH is 1. The lowest BCUT2D eigenvalue weighted by Crippen LogP contribution is -2.37. The third-order valence-corrected chi connectivity index (χ3v) is 3.46. The Morgan fingerprint density at radius 2 is 1.79 bits per heavy atom. The van der Waals surface area contributed by atoms with Gasteiger partial charge in [-0.05, 0) is 29.8 Å². The third-order valence-electron chi connectivity index (χ3n) is 3.20. The van der Waals surface area contributed by atoms with Crippen LogP contribution in [0.3, 0.4) is 0 Å². The minimum Gasteiger partial charge on any atom is -0.384 e.